The van der Waals surface area contributed by atoms with E-state index in [0.717, 1.165) is 55.2 Å². The fourth-order valence-corrected chi connectivity index (χ4v) is 6.23. The highest BCUT2D eigenvalue weighted by atomic mass is 35.5. The molecule has 2 bridgehead atoms. The zero-order chi connectivity index (χ0) is 25.7. The number of carbonyl (C=O) groups excluding carboxylic acids is 1. The molecule has 3 aromatic rings. The Bertz CT molecular complexity index is 1330. The van der Waals surface area contributed by atoms with Gasteiger partial charge in [-0.25, -0.2) is 9.97 Å². The van der Waals surface area contributed by atoms with Crippen LogP contribution >= 0.6 is 11.6 Å². The van der Waals surface area contributed by atoms with Crippen LogP contribution < -0.4 is 15.5 Å². The first-order chi connectivity index (χ1) is 17.9. The third-order valence-electron chi connectivity index (χ3n) is 7.99. The van der Waals surface area contributed by atoms with Crippen LogP contribution in [0.5, 0.6) is 0 Å². The molecule has 4 atom stereocenters. The molecule has 3 heterocycles. The number of nitrogens with one attached hydrogen (secondary N) is 3. The lowest BCUT2D eigenvalue weighted by Gasteiger charge is -2.34. The number of piperazine rings is 1. The van der Waals surface area contributed by atoms with Crippen LogP contribution in [0, 0.1) is 17.8 Å². The molecular weight excluding hydrogens is 486 g/mol. The van der Waals surface area contributed by atoms with Crippen molar-refractivity contribution in [1.29, 1.82) is 0 Å². The van der Waals surface area contributed by atoms with Gasteiger partial charge in [-0.2, -0.15) is 0 Å². The minimum absolute atomic E-state index is 0.0357. The van der Waals surface area contributed by atoms with Crippen molar-refractivity contribution in [2.24, 2.45) is 17.8 Å². The Balaban J connectivity index is 1.27. The predicted molar refractivity (Wildman–Crippen MR) is 149 cm³/mol. The lowest BCUT2D eigenvalue weighted by Crippen LogP contribution is -2.45. The Morgan fingerprint density at radius 3 is 2.57 bits per heavy atom. The molecule has 0 spiro atoms. The van der Waals surface area contributed by atoms with Crippen molar-refractivity contribution in [2.45, 2.75) is 32.4 Å². The van der Waals surface area contributed by atoms with Gasteiger partial charge in [-0.15, -0.1) is 0 Å². The third kappa shape index (κ3) is 4.57. The lowest BCUT2D eigenvalue weighted by atomic mass is 9.87. The number of H-pyrrole nitrogens is 1. The number of aromatic amines is 1. The number of pyridine rings is 1. The molecule has 1 saturated carbocycles. The number of rotatable bonds is 6. The number of carbonyl (C=O) groups is 1. The van der Waals surface area contributed by atoms with E-state index in [1.54, 1.807) is 6.20 Å². The molecule has 1 aliphatic heterocycles. The molecule has 6 rings (SSSR count). The first-order valence-corrected chi connectivity index (χ1v) is 13.6. The Hall–Kier alpha value is -3.10. The number of aromatic nitrogens is 3. The van der Waals surface area contributed by atoms with Gasteiger partial charge in [0.2, 0.25) is 5.91 Å². The molecule has 37 heavy (non-hydrogen) atoms. The predicted octanol–water partition coefficient (Wildman–Crippen LogP) is 4.16. The summed E-state index contributed by atoms with van der Waals surface area (Å²) in [5, 5.41) is 7.27. The number of amides is 1. The van der Waals surface area contributed by atoms with Gasteiger partial charge in [0, 0.05) is 49.5 Å². The average Bonchev–Trinajstić information content (AvgIpc) is 3.61. The smallest absolute Gasteiger partial charge is 0.225 e. The van der Waals surface area contributed by atoms with E-state index in [2.05, 4.69) is 73.9 Å². The molecule has 3 N–H and O–H groups in total. The maximum Gasteiger partial charge on any atom is 0.225 e. The molecule has 1 aromatic carbocycles. The van der Waals surface area contributed by atoms with Gasteiger partial charge >= 0.3 is 0 Å². The second-order valence-electron chi connectivity index (χ2n) is 10.9. The summed E-state index contributed by atoms with van der Waals surface area (Å²) < 4.78 is 0. The van der Waals surface area contributed by atoms with Crippen molar-refractivity contribution in [3.8, 4) is 11.4 Å². The monoisotopic (exact) mass is 519 g/mol. The van der Waals surface area contributed by atoms with Crippen molar-refractivity contribution in [3.05, 3.63) is 47.6 Å². The second kappa shape index (κ2) is 9.65. The van der Waals surface area contributed by atoms with Gasteiger partial charge in [-0.3, -0.25) is 4.79 Å². The number of likely N-dealkylation sites (N-methyl/N-ethyl adjacent to an activating group) is 1. The van der Waals surface area contributed by atoms with E-state index in [0.29, 0.717) is 10.7 Å². The lowest BCUT2D eigenvalue weighted by molar-refractivity contribution is -0.126. The van der Waals surface area contributed by atoms with Crippen LogP contribution in [0.4, 0.5) is 11.4 Å². The standard InChI is InChI=1S/C28H34ClN7O/c1-16(2)31-28(37)22-18-4-5-19(14-18)23(22)32-24-21(29)15-30-27-25(24)33-26(34-27)17-6-8-20(9-7-17)36-12-10-35(3)11-13-36/h4-9,15-16,18-19,22-23H,10-14H2,1-3H3,(H,31,37)(H2,30,32,33,34)/t18-,19+,22?,23-/m1/s1. The Labute approximate surface area is 222 Å². The van der Waals surface area contributed by atoms with Crippen LogP contribution in [0.1, 0.15) is 20.3 Å². The highest BCUT2D eigenvalue weighted by Crippen LogP contribution is 2.46. The van der Waals surface area contributed by atoms with E-state index in [-0.39, 0.29) is 35.7 Å². The number of allylic oxidation sites excluding steroid dienone is 1. The summed E-state index contributed by atoms with van der Waals surface area (Å²) in [6.07, 6.45) is 7.04. The van der Waals surface area contributed by atoms with Crippen molar-refractivity contribution >= 4 is 40.0 Å². The number of benzene rings is 1. The highest BCUT2D eigenvalue weighted by molar-refractivity contribution is 6.34. The SMILES string of the molecule is CC(C)NC(=O)C1[C@@H]2C=C[C@@H](C2)[C@H]1Nc1c(Cl)cnc2nc(-c3ccc(N4CCN(C)CC4)cc3)[nH]c12. The number of anilines is 2. The summed E-state index contributed by atoms with van der Waals surface area (Å²) in [6.45, 7) is 8.21. The molecule has 1 amide bonds. The number of hydrogen-bond acceptors (Lipinski definition) is 6. The minimum atomic E-state index is -0.138. The van der Waals surface area contributed by atoms with Crippen LogP contribution in [-0.4, -0.2) is 71.1 Å². The largest absolute Gasteiger partial charge is 0.378 e. The van der Waals surface area contributed by atoms with Crippen LogP contribution in [0.15, 0.2) is 42.6 Å². The molecule has 1 unspecified atom stereocenters. The van der Waals surface area contributed by atoms with Crippen molar-refractivity contribution in [3.63, 3.8) is 0 Å². The number of halogens is 1. The topological polar surface area (TPSA) is 89.2 Å². The van der Waals surface area contributed by atoms with E-state index >= 15 is 0 Å². The first kappa shape index (κ1) is 24.2. The van der Waals surface area contributed by atoms with E-state index in [1.165, 1.54) is 5.69 Å². The summed E-state index contributed by atoms with van der Waals surface area (Å²) in [7, 11) is 2.17. The molecule has 194 valence electrons. The molecule has 2 aliphatic carbocycles. The van der Waals surface area contributed by atoms with Crippen LogP contribution in [-0.2, 0) is 4.79 Å². The van der Waals surface area contributed by atoms with Gasteiger partial charge in [0.05, 0.1) is 22.8 Å². The third-order valence-corrected chi connectivity index (χ3v) is 8.27. The fraction of sp³-hybridized carbons (Fsp3) is 0.464. The molecule has 8 nitrogen and oxygen atoms in total. The van der Waals surface area contributed by atoms with Crippen LogP contribution in [0.3, 0.4) is 0 Å². The minimum Gasteiger partial charge on any atom is -0.378 e. The zero-order valence-corrected chi connectivity index (χ0v) is 22.3. The number of nitrogens with zero attached hydrogens (tertiary/aromatic N) is 4. The molecule has 2 fully saturated rings. The van der Waals surface area contributed by atoms with Gasteiger partial charge in [0.1, 0.15) is 11.3 Å². The second-order valence-corrected chi connectivity index (χ2v) is 11.3. The van der Waals surface area contributed by atoms with Crippen LogP contribution in [0.25, 0.3) is 22.6 Å². The summed E-state index contributed by atoms with van der Waals surface area (Å²) in [5.41, 5.74) is 4.35. The Morgan fingerprint density at radius 2 is 1.84 bits per heavy atom. The fourth-order valence-electron chi connectivity index (χ4n) is 6.03. The summed E-state index contributed by atoms with van der Waals surface area (Å²) >= 11 is 6.67. The van der Waals surface area contributed by atoms with Gasteiger partial charge in [-0.05, 0) is 63.4 Å². The Morgan fingerprint density at radius 1 is 1.11 bits per heavy atom. The van der Waals surface area contributed by atoms with Gasteiger partial charge in [0.25, 0.3) is 0 Å². The molecule has 3 aliphatic rings. The maximum absolute atomic E-state index is 13.1. The average molecular weight is 520 g/mol. The number of hydrogen-bond donors (Lipinski definition) is 3. The van der Waals surface area contributed by atoms with Crippen LogP contribution in [0.2, 0.25) is 5.02 Å². The quantitative estimate of drug-likeness (QED) is 0.424. The molecule has 9 heteroatoms. The summed E-state index contributed by atoms with van der Waals surface area (Å²) in [4.78, 5) is 30.6. The van der Waals surface area contributed by atoms with E-state index < -0.39 is 0 Å². The number of fused-ring (bicyclic) bond motifs is 3. The molecule has 2 aromatic heterocycles. The maximum atomic E-state index is 13.1. The molecule has 0 radical (unpaired) electrons. The number of imidazole rings is 1. The van der Waals surface area contributed by atoms with E-state index in [1.807, 2.05) is 13.8 Å². The summed E-state index contributed by atoms with van der Waals surface area (Å²) in [5.74, 6) is 1.24. The van der Waals surface area contributed by atoms with Gasteiger partial charge in [0.15, 0.2) is 5.65 Å². The van der Waals surface area contributed by atoms with E-state index in [4.69, 9.17) is 16.6 Å². The highest BCUT2D eigenvalue weighted by Gasteiger charge is 2.48. The van der Waals surface area contributed by atoms with Crippen molar-refractivity contribution in [1.82, 2.24) is 25.2 Å². The normalized spacial score (nSPS) is 25.4. The Kier molecular flexibility index (Phi) is 6.32. The molecule has 1 saturated heterocycles. The molecular formula is C28H34ClN7O. The van der Waals surface area contributed by atoms with Gasteiger partial charge in [-0.1, -0.05) is 23.8 Å². The summed E-state index contributed by atoms with van der Waals surface area (Å²) in [6, 6.07) is 8.59. The van der Waals surface area contributed by atoms with E-state index in [9.17, 15) is 4.79 Å². The van der Waals surface area contributed by atoms with Crippen molar-refractivity contribution in [2.75, 3.05) is 43.4 Å². The van der Waals surface area contributed by atoms with Gasteiger partial charge < -0.3 is 25.4 Å². The zero-order valence-electron chi connectivity index (χ0n) is 21.5. The van der Waals surface area contributed by atoms with Crippen molar-refractivity contribution < 1.29 is 4.79 Å². The first-order valence-electron chi connectivity index (χ1n) is 13.2.